The number of nitrogens with one attached hydrogen (secondary N) is 1. The molecule has 68 valence electrons. The highest BCUT2D eigenvalue weighted by Crippen LogP contribution is 2.38. The minimum Gasteiger partial charge on any atom is -0.348 e. The molecule has 0 bridgehead atoms. The number of H-pyrrole nitrogens is 1. The van der Waals surface area contributed by atoms with Crippen LogP contribution in [0.3, 0.4) is 0 Å². The van der Waals surface area contributed by atoms with Gasteiger partial charge in [-0.15, -0.1) is 6.58 Å². The largest absolute Gasteiger partial charge is 0.348 e. The Balaban J connectivity index is 2.51. The van der Waals surface area contributed by atoms with Crippen molar-refractivity contribution in [2.45, 2.75) is 13.3 Å². The Morgan fingerprint density at radius 3 is 3.23 bits per heavy atom. The monoisotopic (exact) mass is 178 g/mol. The lowest BCUT2D eigenvalue weighted by Gasteiger charge is -2.26. The lowest BCUT2D eigenvalue weighted by atomic mass is 9.80. The topological polar surface area (TPSA) is 28.7 Å². The van der Waals surface area contributed by atoms with Crippen molar-refractivity contribution in [2.75, 3.05) is 0 Å². The van der Waals surface area contributed by atoms with Gasteiger partial charge in [-0.2, -0.15) is 0 Å². The normalized spacial score (nSPS) is 26.5. The first-order valence-electron chi connectivity index (χ1n) is 4.19. The predicted octanol–water partition coefficient (Wildman–Crippen LogP) is 2.47. The molecule has 2 rings (SSSR count). The molecule has 1 aliphatic carbocycles. The molecule has 1 aliphatic rings. The number of halogens is 1. The van der Waals surface area contributed by atoms with Gasteiger partial charge >= 0.3 is 0 Å². The SMILES string of the molecule is C=CC1(C)Cc2[nH]cnc2C=C1F. The Bertz CT molecular complexity index is 378. The molecule has 0 fully saturated rings. The predicted molar refractivity (Wildman–Crippen MR) is 49.7 cm³/mol. The molecule has 0 aromatic carbocycles. The lowest BCUT2D eigenvalue weighted by molar-refractivity contribution is 0.389. The van der Waals surface area contributed by atoms with Crippen LogP contribution in [0.1, 0.15) is 18.3 Å². The molecule has 0 saturated carbocycles. The van der Waals surface area contributed by atoms with Crippen LogP contribution in [0.25, 0.3) is 6.08 Å². The number of rotatable bonds is 1. The molecule has 1 aromatic rings. The van der Waals surface area contributed by atoms with Crippen LogP contribution in [0, 0.1) is 5.41 Å². The van der Waals surface area contributed by atoms with Crippen molar-refractivity contribution in [2.24, 2.45) is 5.41 Å². The average molecular weight is 178 g/mol. The molecule has 1 atom stereocenters. The molecule has 0 aliphatic heterocycles. The van der Waals surface area contributed by atoms with Crippen molar-refractivity contribution >= 4 is 6.08 Å². The summed E-state index contributed by atoms with van der Waals surface area (Å²) >= 11 is 0. The minimum atomic E-state index is -0.570. The van der Waals surface area contributed by atoms with Crippen molar-refractivity contribution < 1.29 is 4.39 Å². The fraction of sp³-hybridized carbons (Fsp3) is 0.300. The van der Waals surface area contributed by atoms with Gasteiger partial charge in [0.15, 0.2) is 0 Å². The van der Waals surface area contributed by atoms with E-state index in [0.717, 1.165) is 5.69 Å². The Labute approximate surface area is 76.2 Å². The number of aromatic nitrogens is 2. The standard InChI is InChI=1S/C10H11FN2/c1-3-10(2)5-8-7(4-9(10)11)12-6-13-8/h3-4,6H,1,5H2,2H3,(H,12,13). The van der Waals surface area contributed by atoms with Gasteiger partial charge in [0.1, 0.15) is 5.83 Å². The van der Waals surface area contributed by atoms with Gasteiger partial charge in [-0.1, -0.05) is 6.08 Å². The van der Waals surface area contributed by atoms with Gasteiger partial charge in [-0.05, 0) is 13.0 Å². The van der Waals surface area contributed by atoms with Crippen molar-refractivity contribution in [1.82, 2.24) is 9.97 Å². The third-order valence-electron chi connectivity index (χ3n) is 2.56. The second-order valence-electron chi connectivity index (χ2n) is 3.56. The van der Waals surface area contributed by atoms with E-state index in [2.05, 4.69) is 16.5 Å². The first kappa shape index (κ1) is 8.23. The molecule has 13 heavy (non-hydrogen) atoms. The second kappa shape index (κ2) is 2.55. The highest BCUT2D eigenvalue weighted by atomic mass is 19.1. The number of hydrogen-bond donors (Lipinski definition) is 1. The third-order valence-corrected chi connectivity index (χ3v) is 2.56. The molecule has 1 unspecified atom stereocenters. The molecule has 0 spiro atoms. The molecule has 3 heteroatoms. The summed E-state index contributed by atoms with van der Waals surface area (Å²) in [6.45, 7) is 5.48. The molecule has 1 aromatic heterocycles. The van der Waals surface area contributed by atoms with Crippen molar-refractivity contribution in [1.29, 1.82) is 0 Å². The zero-order chi connectivity index (χ0) is 9.47. The summed E-state index contributed by atoms with van der Waals surface area (Å²) < 4.78 is 13.5. The molecular weight excluding hydrogens is 167 g/mol. The maximum absolute atomic E-state index is 13.5. The fourth-order valence-corrected chi connectivity index (χ4v) is 1.50. The molecule has 0 saturated heterocycles. The Morgan fingerprint density at radius 2 is 2.54 bits per heavy atom. The van der Waals surface area contributed by atoms with Crippen LogP contribution in [0.2, 0.25) is 0 Å². The Hall–Kier alpha value is -1.38. The van der Waals surface area contributed by atoms with Crippen molar-refractivity contribution in [3.05, 3.63) is 36.2 Å². The second-order valence-corrected chi connectivity index (χ2v) is 3.56. The van der Waals surface area contributed by atoms with Crippen LogP contribution < -0.4 is 0 Å². The summed E-state index contributed by atoms with van der Waals surface area (Å²) in [4.78, 5) is 7.00. The first-order valence-corrected chi connectivity index (χ1v) is 4.19. The van der Waals surface area contributed by atoms with Gasteiger partial charge in [0.25, 0.3) is 0 Å². The summed E-state index contributed by atoms with van der Waals surface area (Å²) in [5.41, 5.74) is 1.11. The zero-order valence-corrected chi connectivity index (χ0v) is 7.47. The number of aromatic amines is 1. The van der Waals surface area contributed by atoms with E-state index >= 15 is 0 Å². The molecule has 1 N–H and O–H groups in total. The van der Waals surface area contributed by atoms with Gasteiger partial charge in [0.05, 0.1) is 12.0 Å². The quantitative estimate of drug-likeness (QED) is 0.657. The van der Waals surface area contributed by atoms with E-state index in [1.165, 1.54) is 6.08 Å². The smallest absolute Gasteiger partial charge is 0.112 e. The number of imidazole rings is 1. The number of allylic oxidation sites excluding steroid dienone is 2. The van der Waals surface area contributed by atoms with E-state index in [1.807, 2.05) is 6.92 Å². The maximum atomic E-state index is 13.5. The number of hydrogen-bond acceptors (Lipinski definition) is 1. The summed E-state index contributed by atoms with van der Waals surface area (Å²) in [5.74, 6) is -0.165. The van der Waals surface area contributed by atoms with Crippen LogP contribution in [-0.2, 0) is 6.42 Å². The average Bonchev–Trinajstić information content (AvgIpc) is 2.52. The summed E-state index contributed by atoms with van der Waals surface area (Å²) in [7, 11) is 0. The number of fused-ring (bicyclic) bond motifs is 1. The van der Waals surface area contributed by atoms with E-state index in [0.29, 0.717) is 12.1 Å². The highest BCUT2D eigenvalue weighted by molar-refractivity contribution is 5.55. The molecule has 0 amide bonds. The fourth-order valence-electron chi connectivity index (χ4n) is 1.50. The maximum Gasteiger partial charge on any atom is 0.112 e. The van der Waals surface area contributed by atoms with Gasteiger partial charge in [0, 0.05) is 17.5 Å². The Kier molecular flexibility index (Phi) is 1.62. The molecule has 0 radical (unpaired) electrons. The van der Waals surface area contributed by atoms with E-state index < -0.39 is 5.41 Å². The molecule has 2 nitrogen and oxygen atoms in total. The summed E-state index contributed by atoms with van der Waals surface area (Å²) in [6.07, 6.45) is 5.30. The van der Waals surface area contributed by atoms with Crippen molar-refractivity contribution in [3.8, 4) is 0 Å². The summed E-state index contributed by atoms with van der Waals surface area (Å²) in [5, 5.41) is 0. The van der Waals surface area contributed by atoms with Gasteiger partial charge in [0.2, 0.25) is 0 Å². The third kappa shape index (κ3) is 1.11. The van der Waals surface area contributed by atoms with Gasteiger partial charge in [-0.3, -0.25) is 0 Å². The van der Waals surface area contributed by atoms with E-state index in [1.54, 1.807) is 12.4 Å². The molecule has 1 heterocycles. The van der Waals surface area contributed by atoms with Gasteiger partial charge in [-0.25, -0.2) is 9.37 Å². The minimum absolute atomic E-state index is 0.165. The Morgan fingerprint density at radius 1 is 1.77 bits per heavy atom. The highest BCUT2D eigenvalue weighted by Gasteiger charge is 2.32. The van der Waals surface area contributed by atoms with Crippen LogP contribution >= 0.6 is 0 Å². The van der Waals surface area contributed by atoms with Crippen LogP contribution in [0.4, 0.5) is 4.39 Å². The van der Waals surface area contributed by atoms with Crippen LogP contribution in [-0.4, -0.2) is 9.97 Å². The van der Waals surface area contributed by atoms with Gasteiger partial charge < -0.3 is 4.98 Å². The van der Waals surface area contributed by atoms with E-state index in [-0.39, 0.29) is 5.83 Å². The first-order chi connectivity index (χ1) is 6.15. The van der Waals surface area contributed by atoms with E-state index in [9.17, 15) is 4.39 Å². The summed E-state index contributed by atoms with van der Waals surface area (Å²) in [6, 6.07) is 0. The zero-order valence-electron chi connectivity index (χ0n) is 7.47. The number of nitrogens with zero attached hydrogens (tertiary/aromatic N) is 1. The van der Waals surface area contributed by atoms with Crippen LogP contribution in [0.5, 0.6) is 0 Å². The van der Waals surface area contributed by atoms with Crippen LogP contribution in [0.15, 0.2) is 24.8 Å². The molecular formula is C10H11FN2. The van der Waals surface area contributed by atoms with E-state index in [4.69, 9.17) is 0 Å². The van der Waals surface area contributed by atoms with Crippen molar-refractivity contribution in [3.63, 3.8) is 0 Å². The lowest BCUT2D eigenvalue weighted by Crippen LogP contribution is -2.21.